The van der Waals surface area contributed by atoms with Gasteiger partial charge in [-0.25, -0.2) is 9.97 Å². The van der Waals surface area contributed by atoms with Gasteiger partial charge in [-0.1, -0.05) is 30.3 Å². The Balaban J connectivity index is 1.73. The van der Waals surface area contributed by atoms with Crippen molar-refractivity contribution in [2.75, 3.05) is 0 Å². The van der Waals surface area contributed by atoms with Crippen molar-refractivity contribution in [2.24, 2.45) is 0 Å². The van der Waals surface area contributed by atoms with Crippen molar-refractivity contribution in [3.8, 4) is 29.0 Å². The summed E-state index contributed by atoms with van der Waals surface area (Å²) < 4.78 is 11.3. The van der Waals surface area contributed by atoms with Crippen LogP contribution >= 0.6 is 0 Å². The SMILES string of the molecule is N#Cc1ccccc1Oc1cc(-c2coc3ccccc23)ncn1. The van der Waals surface area contributed by atoms with Gasteiger partial charge in [0.2, 0.25) is 5.88 Å². The summed E-state index contributed by atoms with van der Waals surface area (Å²) >= 11 is 0. The lowest BCUT2D eigenvalue weighted by atomic mass is 10.1. The van der Waals surface area contributed by atoms with Crippen molar-refractivity contribution < 1.29 is 9.15 Å². The van der Waals surface area contributed by atoms with Crippen LogP contribution in [0.25, 0.3) is 22.2 Å². The van der Waals surface area contributed by atoms with E-state index in [0.29, 0.717) is 22.9 Å². The molecular weight excluding hydrogens is 302 g/mol. The van der Waals surface area contributed by atoms with Gasteiger partial charge in [0.05, 0.1) is 11.3 Å². The number of benzene rings is 2. The van der Waals surface area contributed by atoms with E-state index in [2.05, 4.69) is 16.0 Å². The molecular formula is C19H11N3O2. The monoisotopic (exact) mass is 313 g/mol. The highest BCUT2D eigenvalue weighted by atomic mass is 16.5. The Morgan fingerprint density at radius 3 is 2.75 bits per heavy atom. The number of rotatable bonds is 3. The van der Waals surface area contributed by atoms with Crippen LogP contribution in [0.15, 0.2) is 71.6 Å². The minimum Gasteiger partial charge on any atom is -0.464 e. The third-order valence-corrected chi connectivity index (χ3v) is 3.62. The molecule has 0 fully saturated rings. The van der Waals surface area contributed by atoms with Gasteiger partial charge in [-0.05, 0) is 18.2 Å². The standard InChI is InChI=1S/C19H11N3O2/c20-10-13-5-1-3-7-17(13)24-19-9-16(21-12-22-19)15-11-23-18-8-4-2-6-14(15)18/h1-9,11-12H. The van der Waals surface area contributed by atoms with Gasteiger partial charge in [-0.2, -0.15) is 5.26 Å². The lowest BCUT2D eigenvalue weighted by Crippen LogP contribution is -1.92. The zero-order chi connectivity index (χ0) is 16.4. The average molecular weight is 313 g/mol. The van der Waals surface area contributed by atoms with Crippen LogP contribution in [-0.2, 0) is 0 Å². The molecule has 0 amide bonds. The number of hydrogen-bond acceptors (Lipinski definition) is 5. The number of aromatic nitrogens is 2. The van der Waals surface area contributed by atoms with Gasteiger partial charge in [0.1, 0.15) is 30.0 Å². The van der Waals surface area contributed by atoms with Gasteiger partial charge in [-0.15, -0.1) is 0 Å². The first-order chi connectivity index (χ1) is 11.8. The molecule has 0 unspecified atom stereocenters. The topological polar surface area (TPSA) is 71.9 Å². The van der Waals surface area contributed by atoms with Crippen LogP contribution in [0.2, 0.25) is 0 Å². The number of nitrogens with zero attached hydrogens (tertiary/aromatic N) is 3. The number of ether oxygens (including phenoxy) is 1. The van der Waals surface area contributed by atoms with Crippen molar-refractivity contribution >= 4 is 11.0 Å². The predicted molar refractivity (Wildman–Crippen MR) is 88.5 cm³/mol. The van der Waals surface area contributed by atoms with Gasteiger partial charge in [-0.3, -0.25) is 0 Å². The fourth-order valence-corrected chi connectivity index (χ4v) is 2.48. The molecule has 2 heterocycles. The third-order valence-electron chi connectivity index (χ3n) is 3.62. The van der Waals surface area contributed by atoms with Gasteiger partial charge in [0.25, 0.3) is 0 Å². The van der Waals surface area contributed by atoms with Crippen molar-refractivity contribution in [2.45, 2.75) is 0 Å². The molecule has 0 saturated heterocycles. The lowest BCUT2D eigenvalue weighted by Gasteiger charge is -2.06. The Morgan fingerprint density at radius 1 is 1.00 bits per heavy atom. The van der Waals surface area contributed by atoms with Gasteiger partial charge >= 0.3 is 0 Å². The normalized spacial score (nSPS) is 10.5. The highest BCUT2D eigenvalue weighted by Crippen LogP contribution is 2.31. The quantitative estimate of drug-likeness (QED) is 0.554. The first-order valence-electron chi connectivity index (χ1n) is 7.31. The minimum atomic E-state index is 0.369. The maximum Gasteiger partial charge on any atom is 0.222 e. The summed E-state index contributed by atoms with van der Waals surface area (Å²) in [7, 11) is 0. The Labute approximate surface area is 137 Å². The molecule has 2 aromatic heterocycles. The summed E-state index contributed by atoms with van der Waals surface area (Å²) in [6.45, 7) is 0. The summed E-state index contributed by atoms with van der Waals surface area (Å²) in [5.74, 6) is 0.828. The van der Waals surface area contributed by atoms with E-state index in [9.17, 15) is 0 Å². The van der Waals surface area contributed by atoms with Crippen LogP contribution in [0.4, 0.5) is 0 Å². The number of para-hydroxylation sites is 2. The molecule has 4 aromatic rings. The van der Waals surface area contributed by atoms with Gasteiger partial charge in [0, 0.05) is 17.0 Å². The molecule has 0 N–H and O–H groups in total. The number of nitriles is 1. The minimum absolute atomic E-state index is 0.369. The maximum atomic E-state index is 9.14. The van der Waals surface area contributed by atoms with E-state index >= 15 is 0 Å². The molecule has 0 aliphatic heterocycles. The van der Waals surface area contributed by atoms with Crippen LogP contribution in [-0.4, -0.2) is 9.97 Å². The molecule has 0 radical (unpaired) electrons. The van der Waals surface area contributed by atoms with Crippen molar-refractivity contribution in [3.63, 3.8) is 0 Å². The van der Waals surface area contributed by atoms with Crippen LogP contribution < -0.4 is 4.74 Å². The summed E-state index contributed by atoms with van der Waals surface area (Å²) in [5, 5.41) is 10.1. The second-order valence-corrected chi connectivity index (χ2v) is 5.10. The zero-order valence-electron chi connectivity index (χ0n) is 12.5. The van der Waals surface area contributed by atoms with Crippen molar-refractivity contribution in [1.29, 1.82) is 5.26 Å². The number of hydrogen-bond donors (Lipinski definition) is 0. The largest absolute Gasteiger partial charge is 0.464 e. The molecule has 5 nitrogen and oxygen atoms in total. The Morgan fingerprint density at radius 2 is 1.83 bits per heavy atom. The highest BCUT2D eigenvalue weighted by molar-refractivity contribution is 5.92. The fraction of sp³-hybridized carbons (Fsp3) is 0. The second-order valence-electron chi connectivity index (χ2n) is 5.10. The van der Waals surface area contributed by atoms with E-state index in [1.165, 1.54) is 6.33 Å². The van der Waals surface area contributed by atoms with Crippen LogP contribution in [0.5, 0.6) is 11.6 Å². The molecule has 2 aromatic carbocycles. The van der Waals surface area contributed by atoms with Crippen LogP contribution in [0.3, 0.4) is 0 Å². The fourth-order valence-electron chi connectivity index (χ4n) is 2.48. The summed E-state index contributed by atoms with van der Waals surface area (Å²) in [6.07, 6.45) is 3.10. The summed E-state index contributed by atoms with van der Waals surface area (Å²) in [6, 6.07) is 18.6. The molecule has 24 heavy (non-hydrogen) atoms. The molecule has 0 saturated carbocycles. The van der Waals surface area contributed by atoms with E-state index in [1.807, 2.05) is 30.3 Å². The molecule has 0 atom stereocenters. The van der Waals surface area contributed by atoms with E-state index in [0.717, 1.165) is 16.5 Å². The molecule has 0 bridgehead atoms. The smallest absolute Gasteiger partial charge is 0.222 e. The predicted octanol–water partition coefficient (Wildman–Crippen LogP) is 4.55. The van der Waals surface area contributed by atoms with Gasteiger partial charge in [0.15, 0.2) is 0 Å². The Bertz CT molecular complexity index is 1060. The lowest BCUT2D eigenvalue weighted by molar-refractivity contribution is 0.460. The molecule has 0 aliphatic rings. The maximum absolute atomic E-state index is 9.14. The zero-order valence-corrected chi connectivity index (χ0v) is 12.5. The average Bonchev–Trinajstić information content (AvgIpc) is 3.06. The first kappa shape index (κ1) is 14.0. The third kappa shape index (κ3) is 2.46. The van der Waals surface area contributed by atoms with Gasteiger partial charge < -0.3 is 9.15 Å². The van der Waals surface area contributed by atoms with E-state index in [-0.39, 0.29) is 0 Å². The summed E-state index contributed by atoms with van der Waals surface area (Å²) in [4.78, 5) is 8.43. The molecule has 0 spiro atoms. The molecule has 0 aliphatic carbocycles. The number of fused-ring (bicyclic) bond motifs is 1. The molecule has 5 heteroatoms. The van der Waals surface area contributed by atoms with E-state index in [4.69, 9.17) is 14.4 Å². The van der Waals surface area contributed by atoms with Crippen molar-refractivity contribution in [1.82, 2.24) is 9.97 Å². The molecule has 4 rings (SSSR count). The highest BCUT2D eigenvalue weighted by Gasteiger charge is 2.11. The number of furan rings is 1. The van der Waals surface area contributed by atoms with E-state index < -0.39 is 0 Å². The summed E-state index contributed by atoms with van der Waals surface area (Å²) in [5.41, 5.74) is 2.81. The van der Waals surface area contributed by atoms with Crippen molar-refractivity contribution in [3.05, 3.63) is 72.8 Å². The molecule has 114 valence electrons. The van der Waals surface area contributed by atoms with Crippen LogP contribution in [0.1, 0.15) is 5.56 Å². The second kappa shape index (κ2) is 5.86. The first-order valence-corrected chi connectivity index (χ1v) is 7.31. The Hall–Kier alpha value is -3.65. The van der Waals surface area contributed by atoms with E-state index in [1.54, 1.807) is 30.5 Å². The van der Waals surface area contributed by atoms with Crippen LogP contribution in [0, 0.1) is 11.3 Å². The Kier molecular flexibility index (Phi) is 3.41.